The Balaban J connectivity index is 2.46. The van der Waals surface area contributed by atoms with Gasteiger partial charge < -0.3 is 5.11 Å². The van der Waals surface area contributed by atoms with E-state index in [2.05, 4.69) is 36.8 Å². The van der Waals surface area contributed by atoms with Crippen LogP contribution in [0.25, 0.3) is 17.3 Å². The lowest BCUT2D eigenvalue weighted by Crippen LogP contribution is -1.96. The van der Waals surface area contributed by atoms with E-state index in [1.165, 1.54) is 22.8 Å². The monoisotopic (exact) mass is 268 g/mol. The van der Waals surface area contributed by atoms with Gasteiger partial charge in [0.2, 0.25) is 0 Å². The summed E-state index contributed by atoms with van der Waals surface area (Å²) in [5, 5.41) is 8.63. The van der Waals surface area contributed by atoms with Gasteiger partial charge in [0.05, 0.1) is 5.69 Å². The first-order chi connectivity index (χ1) is 9.49. The molecule has 20 heavy (non-hydrogen) atoms. The van der Waals surface area contributed by atoms with Crippen molar-refractivity contribution in [1.82, 2.24) is 9.97 Å². The Morgan fingerprint density at radius 1 is 1.15 bits per heavy atom. The second kappa shape index (κ2) is 5.65. The van der Waals surface area contributed by atoms with Crippen LogP contribution in [0.1, 0.15) is 22.5 Å². The van der Waals surface area contributed by atoms with Crippen molar-refractivity contribution < 1.29 is 9.90 Å². The first-order valence-electron chi connectivity index (χ1n) is 6.30. The number of aliphatic carboxylic acids is 1. The molecule has 4 nitrogen and oxygen atoms in total. The first kappa shape index (κ1) is 13.9. The first-order valence-corrected chi connectivity index (χ1v) is 6.30. The highest BCUT2D eigenvalue weighted by Gasteiger charge is 2.07. The van der Waals surface area contributed by atoms with Gasteiger partial charge in [0.1, 0.15) is 0 Å². The van der Waals surface area contributed by atoms with E-state index < -0.39 is 5.97 Å². The minimum absolute atomic E-state index is 0.391. The highest BCUT2D eigenvalue weighted by molar-refractivity contribution is 5.84. The summed E-state index contributed by atoms with van der Waals surface area (Å²) >= 11 is 0. The van der Waals surface area contributed by atoms with Crippen LogP contribution in [0.2, 0.25) is 0 Å². The summed E-state index contributed by atoms with van der Waals surface area (Å²) in [7, 11) is 0. The average Bonchev–Trinajstić information content (AvgIpc) is 2.43. The molecule has 0 amide bonds. The van der Waals surface area contributed by atoms with E-state index in [0.717, 1.165) is 17.3 Å². The molecule has 0 fully saturated rings. The standard InChI is InChI=1S/C16H16N2O2/c1-10-4-5-13(12(3)11(10)2)14-8-9-17-15(18-14)6-7-16(19)20/h4-9H,1-3H3,(H,19,20)/b7-6+. The minimum atomic E-state index is -1.01. The molecule has 0 bridgehead atoms. The average molecular weight is 268 g/mol. The zero-order chi connectivity index (χ0) is 14.7. The number of hydrogen-bond acceptors (Lipinski definition) is 3. The molecule has 1 N–H and O–H groups in total. The fraction of sp³-hybridized carbons (Fsp3) is 0.188. The predicted molar refractivity (Wildman–Crippen MR) is 78.3 cm³/mol. The molecule has 2 aromatic rings. The van der Waals surface area contributed by atoms with E-state index in [9.17, 15) is 4.79 Å². The second-order valence-electron chi connectivity index (χ2n) is 4.65. The molecule has 0 spiro atoms. The van der Waals surface area contributed by atoms with E-state index >= 15 is 0 Å². The van der Waals surface area contributed by atoms with Crippen LogP contribution < -0.4 is 0 Å². The number of nitrogens with zero attached hydrogens (tertiary/aromatic N) is 2. The van der Waals surface area contributed by atoms with Gasteiger partial charge in [-0.3, -0.25) is 0 Å². The Morgan fingerprint density at radius 2 is 1.90 bits per heavy atom. The zero-order valence-corrected chi connectivity index (χ0v) is 11.7. The number of carboxylic acids is 1. The van der Waals surface area contributed by atoms with Crippen LogP contribution in [-0.2, 0) is 4.79 Å². The smallest absolute Gasteiger partial charge is 0.328 e. The number of carboxylic acid groups (broad SMARTS) is 1. The molecule has 0 atom stereocenters. The molecule has 0 aliphatic rings. The number of rotatable bonds is 3. The van der Waals surface area contributed by atoms with Gasteiger partial charge in [0, 0.05) is 17.8 Å². The lowest BCUT2D eigenvalue weighted by atomic mass is 9.97. The number of carbonyl (C=O) groups is 1. The van der Waals surface area contributed by atoms with Crippen LogP contribution in [0.4, 0.5) is 0 Å². The van der Waals surface area contributed by atoms with Crippen LogP contribution >= 0.6 is 0 Å². The van der Waals surface area contributed by atoms with Crippen molar-refractivity contribution in [2.24, 2.45) is 0 Å². The van der Waals surface area contributed by atoms with Crippen molar-refractivity contribution in [1.29, 1.82) is 0 Å². The predicted octanol–water partition coefficient (Wildman–Crippen LogP) is 3.17. The number of benzene rings is 1. The van der Waals surface area contributed by atoms with E-state index in [-0.39, 0.29) is 0 Å². The van der Waals surface area contributed by atoms with Crippen LogP contribution in [0.5, 0.6) is 0 Å². The Labute approximate surface area is 117 Å². The summed E-state index contributed by atoms with van der Waals surface area (Å²) in [6, 6.07) is 5.92. The topological polar surface area (TPSA) is 63.1 Å². The normalized spacial score (nSPS) is 10.9. The fourth-order valence-corrected chi connectivity index (χ4v) is 1.98. The van der Waals surface area contributed by atoms with Crippen molar-refractivity contribution in [3.63, 3.8) is 0 Å². The van der Waals surface area contributed by atoms with Crippen LogP contribution in [0.3, 0.4) is 0 Å². The molecule has 0 saturated carbocycles. The van der Waals surface area contributed by atoms with E-state index in [1.807, 2.05) is 12.1 Å². The molecule has 1 aromatic heterocycles. The number of aromatic nitrogens is 2. The molecule has 1 heterocycles. The van der Waals surface area contributed by atoms with Crippen molar-refractivity contribution in [3.05, 3.63) is 53.0 Å². The van der Waals surface area contributed by atoms with Gasteiger partial charge >= 0.3 is 5.97 Å². The molecule has 102 valence electrons. The lowest BCUT2D eigenvalue weighted by Gasteiger charge is -2.10. The molecule has 4 heteroatoms. The maximum Gasteiger partial charge on any atom is 0.328 e. The quantitative estimate of drug-likeness (QED) is 0.868. The third kappa shape index (κ3) is 2.91. The van der Waals surface area contributed by atoms with Gasteiger partial charge in [-0.1, -0.05) is 12.1 Å². The van der Waals surface area contributed by atoms with Crippen molar-refractivity contribution in [2.45, 2.75) is 20.8 Å². The molecule has 1 aromatic carbocycles. The van der Waals surface area contributed by atoms with E-state index in [4.69, 9.17) is 5.11 Å². The van der Waals surface area contributed by atoms with Crippen LogP contribution in [0.15, 0.2) is 30.5 Å². The van der Waals surface area contributed by atoms with Gasteiger partial charge in [0.15, 0.2) is 5.82 Å². The molecule has 0 unspecified atom stereocenters. The molecule has 0 aliphatic carbocycles. The Bertz CT molecular complexity index is 691. The number of hydrogen-bond donors (Lipinski definition) is 1. The third-order valence-corrected chi connectivity index (χ3v) is 3.38. The fourth-order valence-electron chi connectivity index (χ4n) is 1.98. The summed E-state index contributed by atoms with van der Waals surface area (Å²) < 4.78 is 0. The van der Waals surface area contributed by atoms with Crippen LogP contribution in [-0.4, -0.2) is 21.0 Å². The molecule has 0 saturated heterocycles. The van der Waals surface area contributed by atoms with Gasteiger partial charge in [0.25, 0.3) is 0 Å². The molecule has 0 aliphatic heterocycles. The van der Waals surface area contributed by atoms with Gasteiger partial charge in [-0.05, 0) is 49.6 Å². The van der Waals surface area contributed by atoms with Crippen molar-refractivity contribution >= 4 is 12.0 Å². The van der Waals surface area contributed by atoms with Gasteiger partial charge in [-0.25, -0.2) is 14.8 Å². The van der Waals surface area contributed by atoms with E-state index in [1.54, 1.807) is 6.20 Å². The molecular formula is C16H16N2O2. The zero-order valence-electron chi connectivity index (χ0n) is 11.7. The van der Waals surface area contributed by atoms with E-state index in [0.29, 0.717) is 5.82 Å². The lowest BCUT2D eigenvalue weighted by molar-refractivity contribution is -0.131. The highest BCUT2D eigenvalue weighted by Crippen LogP contribution is 2.25. The summed E-state index contributed by atoms with van der Waals surface area (Å²) in [5.41, 5.74) is 5.50. The Morgan fingerprint density at radius 3 is 2.60 bits per heavy atom. The minimum Gasteiger partial charge on any atom is -0.478 e. The summed E-state index contributed by atoms with van der Waals surface area (Å²) in [6.45, 7) is 6.22. The summed E-state index contributed by atoms with van der Waals surface area (Å²) in [5.74, 6) is -0.621. The Hall–Kier alpha value is -2.49. The molecule has 2 rings (SSSR count). The maximum atomic E-state index is 10.5. The van der Waals surface area contributed by atoms with Crippen molar-refractivity contribution in [2.75, 3.05) is 0 Å². The van der Waals surface area contributed by atoms with Crippen LogP contribution in [0, 0.1) is 20.8 Å². The highest BCUT2D eigenvalue weighted by atomic mass is 16.4. The summed E-state index contributed by atoms with van der Waals surface area (Å²) in [6.07, 6.45) is 4.06. The SMILES string of the molecule is Cc1ccc(-c2ccnc(/C=C/C(=O)O)n2)c(C)c1C. The second-order valence-corrected chi connectivity index (χ2v) is 4.65. The largest absolute Gasteiger partial charge is 0.478 e. The van der Waals surface area contributed by atoms with Crippen molar-refractivity contribution in [3.8, 4) is 11.3 Å². The molecule has 0 radical (unpaired) electrons. The molecular weight excluding hydrogens is 252 g/mol. The Kier molecular flexibility index (Phi) is 3.94. The van der Waals surface area contributed by atoms with Gasteiger partial charge in [-0.15, -0.1) is 0 Å². The number of aryl methyl sites for hydroxylation is 1. The summed E-state index contributed by atoms with van der Waals surface area (Å²) in [4.78, 5) is 19.0. The van der Waals surface area contributed by atoms with Gasteiger partial charge in [-0.2, -0.15) is 0 Å². The maximum absolute atomic E-state index is 10.5. The third-order valence-electron chi connectivity index (χ3n) is 3.38.